The lowest BCUT2D eigenvalue weighted by molar-refractivity contribution is -0.137. The van der Waals surface area contributed by atoms with E-state index in [1.54, 1.807) is 0 Å². The molecule has 2 aromatic carbocycles. The third-order valence-electron chi connectivity index (χ3n) is 3.15. The van der Waals surface area contributed by atoms with Gasteiger partial charge in [0.15, 0.2) is 0 Å². The summed E-state index contributed by atoms with van der Waals surface area (Å²) in [6.07, 6.45) is -3.90. The zero-order chi connectivity index (χ0) is 18.6. The van der Waals surface area contributed by atoms with Gasteiger partial charge in [-0.2, -0.15) is 17.6 Å². The molecule has 0 aliphatic rings. The highest BCUT2D eigenvalue weighted by atomic mass is 19.4. The Hall–Kier alpha value is -3.16. The molecule has 2 N–H and O–H groups in total. The Morgan fingerprint density at radius 3 is 2.36 bits per heavy atom. The minimum Gasteiger partial charge on any atom is -0.476 e. The van der Waals surface area contributed by atoms with Crippen LogP contribution >= 0.6 is 0 Å². The summed E-state index contributed by atoms with van der Waals surface area (Å²) < 4.78 is 51.4. The Balaban J connectivity index is 2.31. The third kappa shape index (κ3) is 4.66. The average Bonchev–Trinajstić information content (AvgIpc) is 2.55. The normalized spacial score (nSPS) is 11.9. The maximum absolute atomic E-state index is 13.3. The van der Waals surface area contributed by atoms with Crippen molar-refractivity contribution in [1.29, 1.82) is 0 Å². The van der Waals surface area contributed by atoms with Crippen LogP contribution in [0.2, 0.25) is 0 Å². The molecule has 25 heavy (non-hydrogen) atoms. The van der Waals surface area contributed by atoms with E-state index >= 15 is 0 Å². The molecule has 0 saturated heterocycles. The van der Waals surface area contributed by atoms with Gasteiger partial charge in [0.05, 0.1) is 5.56 Å². The molecule has 130 valence electrons. The minimum atomic E-state index is -4.60. The number of benzene rings is 2. The molecule has 0 unspecified atom stereocenters. The summed E-state index contributed by atoms with van der Waals surface area (Å²) >= 11 is 0. The fraction of sp³-hybridized carbons (Fsp3) is 0.0588. The van der Waals surface area contributed by atoms with Crippen LogP contribution in [0.1, 0.15) is 21.5 Å². The van der Waals surface area contributed by atoms with E-state index in [-0.39, 0.29) is 16.8 Å². The first-order chi connectivity index (χ1) is 11.7. The number of para-hydroxylation sites is 1. The van der Waals surface area contributed by atoms with E-state index in [9.17, 15) is 27.2 Å². The minimum absolute atomic E-state index is 0.0568. The summed E-state index contributed by atoms with van der Waals surface area (Å²) in [4.78, 5) is 22.7. The van der Waals surface area contributed by atoms with E-state index in [0.717, 1.165) is 12.1 Å². The van der Waals surface area contributed by atoms with Crippen LogP contribution in [0.5, 0.6) is 0 Å². The number of nitrogens with one attached hydrogen (secondary N) is 1. The molecule has 0 aromatic heterocycles. The summed E-state index contributed by atoms with van der Waals surface area (Å²) in [6.45, 7) is 0. The molecule has 1 amide bonds. The third-order valence-corrected chi connectivity index (χ3v) is 3.15. The van der Waals surface area contributed by atoms with Crippen LogP contribution in [-0.2, 0) is 11.0 Å². The summed E-state index contributed by atoms with van der Waals surface area (Å²) in [7, 11) is 0. The van der Waals surface area contributed by atoms with Gasteiger partial charge in [0.25, 0.3) is 5.91 Å². The van der Waals surface area contributed by atoms with Crippen molar-refractivity contribution in [2.75, 3.05) is 5.32 Å². The predicted molar refractivity (Wildman–Crippen MR) is 82.6 cm³/mol. The van der Waals surface area contributed by atoms with E-state index in [2.05, 4.69) is 5.32 Å². The van der Waals surface area contributed by atoms with Gasteiger partial charge in [-0.05, 0) is 30.3 Å². The number of anilines is 1. The number of carboxylic acid groups (broad SMARTS) is 1. The zero-order valence-corrected chi connectivity index (χ0v) is 12.5. The van der Waals surface area contributed by atoms with Crippen LogP contribution < -0.4 is 5.32 Å². The van der Waals surface area contributed by atoms with Crippen molar-refractivity contribution in [3.63, 3.8) is 0 Å². The molecule has 0 radical (unpaired) electrons. The van der Waals surface area contributed by atoms with Crippen LogP contribution in [0, 0.1) is 0 Å². The molecule has 0 spiro atoms. The van der Waals surface area contributed by atoms with Crippen molar-refractivity contribution < 1.29 is 32.3 Å². The number of aliphatic carboxylic acids is 1. The molecular weight excluding hydrogens is 342 g/mol. The maximum Gasteiger partial charge on any atom is 0.416 e. The SMILES string of the molecule is O=C(O)/C(F)=C/c1ccccc1NC(=O)c1cccc(C(F)(F)F)c1. The van der Waals surface area contributed by atoms with Crippen molar-refractivity contribution in [2.45, 2.75) is 6.18 Å². The van der Waals surface area contributed by atoms with Crippen molar-refractivity contribution in [3.8, 4) is 0 Å². The van der Waals surface area contributed by atoms with Crippen molar-refractivity contribution in [2.24, 2.45) is 0 Å². The molecular formula is C17H11F4NO3. The first kappa shape index (κ1) is 18.2. The number of carbonyl (C=O) groups is 2. The Bertz CT molecular complexity index is 844. The van der Waals surface area contributed by atoms with Gasteiger partial charge in [-0.25, -0.2) is 4.79 Å². The van der Waals surface area contributed by atoms with E-state index < -0.39 is 29.4 Å². The lowest BCUT2D eigenvalue weighted by Crippen LogP contribution is -2.14. The van der Waals surface area contributed by atoms with Gasteiger partial charge in [-0.15, -0.1) is 0 Å². The zero-order valence-electron chi connectivity index (χ0n) is 12.5. The molecule has 2 aromatic rings. The Labute approximate surface area is 139 Å². The highest BCUT2D eigenvalue weighted by Crippen LogP contribution is 2.30. The van der Waals surface area contributed by atoms with Crippen molar-refractivity contribution >= 4 is 23.6 Å². The number of rotatable bonds is 4. The maximum atomic E-state index is 13.3. The number of carboxylic acids is 1. The Kier molecular flexibility index (Phi) is 5.21. The number of hydrogen-bond donors (Lipinski definition) is 2. The van der Waals surface area contributed by atoms with E-state index in [4.69, 9.17) is 5.11 Å². The van der Waals surface area contributed by atoms with Gasteiger partial charge in [-0.1, -0.05) is 24.3 Å². The predicted octanol–water partition coefficient (Wildman–Crippen LogP) is 4.35. The molecule has 0 heterocycles. The van der Waals surface area contributed by atoms with Gasteiger partial charge in [0, 0.05) is 16.8 Å². The van der Waals surface area contributed by atoms with Gasteiger partial charge in [0.2, 0.25) is 5.83 Å². The van der Waals surface area contributed by atoms with Gasteiger partial charge >= 0.3 is 12.1 Å². The topological polar surface area (TPSA) is 66.4 Å². The monoisotopic (exact) mass is 353 g/mol. The molecule has 0 saturated carbocycles. The van der Waals surface area contributed by atoms with Crippen LogP contribution in [0.25, 0.3) is 6.08 Å². The number of alkyl halides is 3. The molecule has 8 heteroatoms. The number of amides is 1. The van der Waals surface area contributed by atoms with Gasteiger partial charge in [0.1, 0.15) is 0 Å². The number of carbonyl (C=O) groups excluding carboxylic acids is 1. The second kappa shape index (κ2) is 7.16. The highest BCUT2D eigenvalue weighted by Gasteiger charge is 2.30. The largest absolute Gasteiger partial charge is 0.476 e. The van der Waals surface area contributed by atoms with Crippen LogP contribution in [0.15, 0.2) is 54.4 Å². The smallest absolute Gasteiger partial charge is 0.416 e. The quantitative estimate of drug-likeness (QED) is 0.634. The summed E-state index contributed by atoms with van der Waals surface area (Å²) in [5.74, 6) is -4.07. The molecule has 0 fully saturated rings. The first-order valence-electron chi connectivity index (χ1n) is 6.86. The standard InChI is InChI=1S/C17H11F4NO3/c18-13(16(24)25)9-10-4-1-2-7-14(10)22-15(23)11-5-3-6-12(8-11)17(19,20)21/h1-9H,(H,22,23)(H,24,25)/b13-9-. The first-order valence-corrected chi connectivity index (χ1v) is 6.86. The molecule has 0 atom stereocenters. The second-order valence-electron chi connectivity index (χ2n) is 4.92. The molecule has 0 bridgehead atoms. The van der Waals surface area contributed by atoms with Crippen LogP contribution in [-0.4, -0.2) is 17.0 Å². The average molecular weight is 353 g/mol. The van der Waals surface area contributed by atoms with Crippen LogP contribution in [0.4, 0.5) is 23.2 Å². The lowest BCUT2D eigenvalue weighted by Gasteiger charge is -2.11. The van der Waals surface area contributed by atoms with Gasteiger partial charge < -0.3 is 10.4 Å². The lowest BCUT2D eigenvalue weighted by atomic mass is 10.1. The number of halogens is 4. The van der Waals surface area contributed by atoms with E-state index in [1.165, 1.54) is 30.3 Å². The molecule has 2 rings (SSSR count). The molecule has 0 aliphatic heterocycles. The summed E-state index contributed by atoms with van der Waals surface area (Å²) in [5, 5.41) is 10.9. The highest BCUT2D eigenvalue weighted by molar-refractivity contribution is 6.05. The fourth-order valence-electron chi connectivity index (χ4n) is 1.97. The van der Waals surface area contributed by atoms with E-state index in [0.29, 0.717) is 12.1 Å². The Morgan fingerprint density at radius 1 is 1.04 bits per heavy atom. The molecule has 4 nitrogen and oxygen atoms in total. The van der Waals surface area contributed by atoms with Crippen LogP contribution in [0.3, 0.4) is 0 Å². The Morgan fingerprint density at radius 2 is 1.72 bits per heavy atom. The number of hydrogen-bond acceptors (Lipinski definition) is 2. The molecule has 0 aliphatic carbocycles. The van der Waals surface area contributed by atoms with Crippen molar-refractivity contribution in [3.05, 3.63) is 71.0 Å². The second-order valence-corrected chi connectivity index (χ2v) is 4.92. The fourth-order valence-corrected chi connectivity index (χ4v) is 1.97. The van der Waals surface area contributed by atoms with Gasteiger partial charge in [-0.3, -0.25) is 4.79 Å². The van der Waals surface area contributed by atoms with E-state index in [1.807, 2.05) is 0 Å². The summed E-state index contributed by atoms with van der Waals surface area (Å²) in [6, 6.07) is 9.51. The van der Waals surface area contributed by atoms with Crippen molar-refractivity contribution in [1.82, 2.24) is 0 Å². The summed E-state index contributed by atoms with van der Waals surface area (Å²) in [5.41, 5.74) is -1.11.